The van der Waals surface area contributed by atoms with E-state index in [1.807, 2.05) is 0 Å². The molecule has 1 aliphatic heterocycles. The predicted molar refractivity (Wildman–Crippen MR) is 81.0 cm³/mol. The quantitative estimate of drug-likeness (QED) is 0.917. The molecule has 1 aromatic heterocycles. The fourth-order valence-corrected chi connectivity index (χ4v) is 3.34. The van der Waals surface area contributed by atoms with E-state index in [4.69, 9.17) is 0 Å². The zero-order valence-corrected chi connectivity index (χ0v) is 12.7. The molecule has 114 valence electrons. The van der Waals surface area contributed by atoms with Gasteiger partial charge in [-0.1, -0.05) is 0 Å². The molecule has 1 aromatic carbocycles. The highest BCUT2D eigenvalue weighted by Gasteiger charge is 2.23. The average molecular weight is 318 g/mol. The van der Waals surface area contributed by atoms with E-state index in [0.29, 0.717) is 12.8 Å². The molecule has 0 radical (unpaired) electrons. The minimum Gasteiger partial charge on any atom is -0.315 e. The monoisotopic (exact) mass is 318 g/mol. The van der Waals surface area contributed by atoms with Crippen molar-refractivity contribution in [3.8, 4) is 0 Å². The van der Waals surface area contributed by atoms with Gasteiger partial charge in [-0.3, -0.25) is 4.79 Å². The van der Waals surface area contributed by atoms with Crippen molar-refractivity contribution in [3.63, 3.8) is 0 Å². The van der Waals surface area contributed by atoms with E-state index < -0.39 is 10.0 Å². The van der Waals surface area contributed by atoms with Crippen LogP contribution in [-0.2, 0) is 21.2 Å². The number of carbonyl (C=O) groups is 1. The SMILES string of the molecule is CN1C(=O)CCc2cc(S(=O)(=O)Nc3ncccn3)ccc21. The molecule has 0 spiro atoms. The number of nitrogens with one attached hydrogen (secondary N) is 1. The fourth-order valence-electron chi connectivity index (χ4n) is 2.33. The van der Waals surface area contributed by atoms with Crippen LogP contribution in [0.5, 0.6) is 0 Å². The Morgan fingerprint density at radius 1 is 1.18 bits per heavy atom. The fraction of sp³-hybridized carbons (Fsp3) is 0.214. The van der Waals surface area contributed by atoms with Gasteiger partial charge in [-0.25, -0.2) is 23.1 Å². The van der Waals surface area contributed by atoms with Crippen LogP contribution in [-0.4, -0.2) is 31.3 Å². The predicted octanol–water partition coefficient (Wildman–Crippen LogP) is 1.19. The largest absolute Gasteiger partial charge is 0.315 e. The number of aryl methyl sites for hydroxylation is 1. The van der Waals surface area contributed by atoms with Gasteiger partial charge in [0.1, 0.15) is 0 Å². The highest BCUT2D eigenvalue weighted by atomic mass is 32.2. The van der Waals surface area contributed by atoms with Gasteiger partial charge in [0.25, 0.3) is 10.0 Å². The summed E-state index contributed by atoms with van der Waals surface area (Å²) in [7, 11) is -2.07. The third-order valence-corrected chi connectivity index (χ3v) is 4.82. The van der Waals surface area contributed by atoms with Gasteiger partial charge in [-0.2, -0.15) is 0 Å². The van der Waals surface area contributed by atoms with Gasteiger partial charge in [0.05, 0.1) is 4.90 Å². The molecule has 0 fully saturated rings. The Labute approximate surface area is 128 Å². The molecule has 0 atom stereocenters. The highest BCUT2D eigenvalue weighted by Crippen LogP contribution is 2.29. The lowest BCUT2D eigenvalue weighted by Gasteiger charge is -2.26. The van der Waals surface area contributed by atoms with E-state index in [2.05, 4.69) is 14.7 Å². The van der Waals surface area contributed by atoms with Crippen LogP contribution in [0.2, 0.25) is 0 Å². The zero-order chi connectivity index (χ0) is 15.7. The van der Waals surface area contributed by atoms with Crippen molar-refractivity contribution in [2.24, 2.45) is 0 Å². The molecule has 1 N–H and O–H groups in total. The van der Waals surface area contributed by atoms with Gasteiger partial charge >= 0.3 is 0 Å². The molecular formula is C14H14N4O3S. The van der Waals surface area contributed by atoms with Crippen LogP contribution in [0.25, 0.3) is 0 Å². The zero-order valence-electron chi connectivity index (χ0n) is 11.9. The molecular weight excluding hydrogens is 304 g/mol. The molecule has 22 heavy (non-hydrogen) atoms. The standard InChI is InChI=1S/C14H14N4O3S/c1-18-12-5-4-11(9-10(12)3-6-13(18)19)22(20,21)17-14-15-7-2-8-16-14/h2,4-5,7-9H,3,6H2,1H3,(H,15,16,17). The number of hydrogen-bond acceptors (Lipinski definition) is 5. The summed E-state index contributed by atoms with van der Waals surface area (Å²) in [6.07, 6.45) is 3.82. The van der Waals surface area contributed by atoms with Gasteiger partial charge in [0.15, 0.2) is 0 Å². The van der Waals surface area contributed by atoms with Crippen molar-refractivity contribution in [2.75, 3.05) is 16.7 Å². The van der Waals surface area contributed by atoms with Crippen LogP contribution in [0.1, 0.15) is 12.0 Å². The molecule has 8 heteroatoms. The minimum absolute atomic E-state index is 0.0208. The first kappa shape index (κ1) is 14.5. The summed E-state index contributed by atoms with van der Waals surface area (Å²) in [6.45, 7) is 0. The molecule has 7 nitrogen and oxygen atoms in total. The Kier molecular flexibility index (Phi) is 3.53. The lowest BCUT2D eigenvalue weighted by molar-refractivity contribution is -0.118. The number of nitrogens with zero attached hydrogens (tertiary/aromatic N) is 3. The van der Waals surface area contributed by atoms with Crippen LogP contribution in [0.15, 0.2) is 41.6 Å². The lowest BCUT2D eigenvalue weighted by atomic mass is 10.0. The second kappa shape index (κ2) is 5.38. The maximum Gasteiger partial charge on any atom is 0.264 e. The molecule has 3 rings (SSSR count). The molecule has 0 aliphatic carbocycles. The summed E-state index contributed by atoms with van der Waals surface area (Å²) in [5.41, 5.74) is 1.57. The Morgan fingerprint density at radius 3 is 2.64 bits per heavy atom. The summed E-state index contributed by atoms with van der Waals surface area (Å²) >= 11 is 0. The molecule has 0 unspecified atom stereocenters. The maximum atomic E-state index is 12.4. The van der Waals surface area contributed by atoms with E-state index in [1.54, 1.807) is 30.1 Å². The van der Waals surface area contributed by atoms with Crippen LogP contribution in [0.4, 0.5) is 11.6 Å². The van der Waals surface area contributed by atoms with E-state index in [9.17, 15) is 13.2 Å². The number of benzene rings is 1. The molecule has 0 saturated carbocycles. The first-order valence-electron chi connectivity index (χ1n) is 6.67. The van der Waals surface area contributed by atoms with Gasteiger partial charge < -0.3 is 4.90 Å². The number of amides is 1. The normalized spacial score (nSPS) is 14.6. The second-order valence-electron chi connectivity index (χ2n) is 4.92. The van der Waals surface area contributed by atoms with Crippen LogP contribution >= 0.6 is 0 Å². The third kappa shape index (κ3) is 2.64. The smallest absolute Gasteiger partial charge is 0.264 e. The van der Waals surface area contributed by atoms with E-state index in [0.717, 1.165) is 11.3 Å². The van der Waals surface area contributed by atoms with Crippen molar-refractivity contribution in [1.29, 1.82) is 0 Å². The maximum absolute atomic E-state index is 12.4. The number of rotatable bonds is 3. The molecule has 2 aromatic rings. The average Bonchev–Trinajstić information content (AvgIpc) is 2.51. The van der Waals surface area contributed by atoms with Crippen molar-refractivity contribution < 1.29 is 13.2 Å². The van der Waals surface area contributed by atoms with E-state index in [-0.39, 0.29) is 16.8 Å². The van der Waals surface area contributed by atoms with E-state index in [1.165, 1.54) is 18.5 Å². The van der Waals surface area contributed by atoms with Crippen LogP contribution in [0, 0.1) is 0 Å². The molecule has 0 saturated heterocycles. The first-order valence-corrected chi connectivity index (χ1v) is 8.15. The van der Waals surface area contributed by atoms with Gasteiger partial charge in [-0.05, 0) is 36.2 Å². The van der Waals surface area contributed by atoms with Crippen molar-refractivity contribution >= 4 is 27.6 Å². The van der Waals surface area contributed by atoms with Crippen molar-refractivity contribution in [2.45, 2.75) is 17.7 Å². The van der Waals surface area contributed by atoms with Gasteiger partial charge in [0.2, 0.25) is 11.9 Å². The Balaban J connectivity index is 1.94. The molecule has 2 heterocycles. The Bertz CT molecular complexity index is 821. The topological polar surface area (TPSA) is 92.3 Å². The molecule has 0 bridgehead atoms. The Hall–Kier alpha value is -2.48. The number of hydrogen-bond donors (Lipinski definition) is 1. The Morgan fingerprint density at radius 2 is 1.91 bits per heavy atom. The third-order valence-electron chi connectivity index (χ3n) is 3.50. The van der Waals surface area contributed by atoms with Crippen molar-refractivity contribution in [1.82, 2.24) is 9.97 Å². The number of aromatic nitrogens is 2. The van der Waals surface area contributed by atoms with Crippen molar-refractivity contribution in [3.05, 3.63) is 42.2 Å². The van der Waals surface area contributed by atoms with Gasteiger partial charge in [-0.15, -0.1) is 0 Å². The second-order valence-corrected chi connectivity index (χ2v) is 6.60. The molecule has 1 amide bonds. The minimum atomic E-state index is -3.76. The van der Waals surface area contributed by atoms with Crippen LogP contribution in [0.3, 0.4) is 0 Å². The number of carbonyl (C=O) groups excluding carboxylic acids is 1. The summed E-state index contributed by atoms with van der Waals surface area (Å²) in [5.74, 6) is 0.0476. The van der Waals surface area contributed by atoms with Gasteiger partial charge in [0, 0.05) is 31.5 Å². The summed E-state index contributed by atoms with van der Waals surface area (Å²) in [4.78, 5) is 21.0. The molecule has 1 aliphatic rings. The first-order chi connectivity index (χ1) is 10.5. The summed E-state index contributed by atoms with van der Waals surface area (Å²) < 4.78 is 27.1. The highest BCUT2D eigenvalue weighted by molar-refractivity contribution is 7.92. The number of sulfonamides is 1. The number of anilines is 2. The lowest BCUT2D eigenvalue weighted by Crippen LogP contribution is -2.31. The van der Waals surface area contributed by atoms with Crippen LogP contribution < -0.4 is 9.62 Å². The summed E-state index contributed by atoms with van der Waals surface area (Å²) in [6, 6.07) is 6.30. The number of fused-ring (bicyclic) bond motifs is 1. The summed E-state index contributed by atoms with van der Waals surface area (Å²) in [5, 5.41) is 0. The van der Waals surface area contributed by atoms with E-state index >= 15 is 0 Å².